The van der Waals surface area contributed by atoms with Crippen LogP contribution in [0.4, 0.5) is 13.2 Å². The average molecular weight is 331 g/mol. The summed E-state index contributed by atoms with van der Waals surface area (Å²) in [5.41, 5.74) is -0.221. The maximum atomic E-state index is 13.0. The summed E-state index contributed by atoms with van der Waals surface area (Å²) >= 11 is 3.14. The van der Waals surface area contributed by atoms with E-state index in [4.69, 9.17) is 4.74 Å². The highest BCUT2D eigenvalue weighted by Gasteiger charge is 2.34. The first-order valence-electron chi connectivity index (χ1n) is 5.49. The predicted molar refractivity (Wildman–Crippen MR) is 70.6 cm³/mol. The van der Waals surface area contributed by atoms with Gasteiger partial charge in [0.25, 0.3) is 0 Å². The van der Waals surface area contributed by atoms with Gasteiger partial charge in [-0.05, 0) is 29.8 Å². The minimum atomic E-state index is -4.44. The lowest BCUT2D eigenvalue weighted by Gasteiger charge is -2.14. The molecule has 0 saturated heterocycles. The van der Waals surface area contributed by atoms with Gasteiger partial charge in [-0.25, -0.2) is 0 Å². The number of hydrogen-bond donors (Lipinski definition) is 0. The molecule has 0 saturated carbocycles. The van der Waals surface area contributed by atoms with Crippen LogP contribution in [0.1, 0.15) is 11.1 Å². The minimum Gasteiger partial charge on any atom is -0.457 e. The second-order valence-electron chi connectivity index (χ2n) is 3.88. The summed E-state index contributed by atoms with van der Waals surface area (Å²) < 4.78 is 44.2. The van der Waals surface area contributed by atoms with Gasteiger partial charge >= 0.3 is 6.18 Å². The molecule has 5 heteroatoms. The van der Waals surface area contributed by atoms with Crippen LogP contribution >= 0.6 is 15.9 Å². The molecular weight excluding hydrogens is 321 g/mol. The van der Waals surface area contributed by atoms with Crippen LogP contribution in [0.5, 0.6) is 11.5 Å². The minimum absolute atomic E-state index is 0.191. The summed E-state index contributed by atoms with van der Waals surface area (Å²) in [7, 11) is 0. The van der Waals surface area contributed by atoms with E-state index in [1.807, 2.05) is 0 Å². The Labute approximate surface area is 117 Å². The highest BCUT2D eigenvalue weighted by Crippen LogP contribution is 2.38. The van der Waals surface area contributed by atoms with Gasteiger partial charge in [0.2, 0.25) is 0 Å². The zero-order valence-electron chi connectivity index (χ0n) is 9.75. The van der Waals surface area contributed by atoms with Crippen molar-refractivity contribution < 1.29 is 17.9 Å². The Morgan fingerprint density at radius 1 is 1.00 bits per heavy atom. The van der Waals surface area contributed by atoms with Crippen molar-refractivity contribution in [2.45, 2.75) is 11.5 Å². The van der Waals surface area contributed by atoms with E-state index in [9.17, 15) is 13.2 Å². The molecular formula is C14H10BrF3O. The molecule has 0 radical (unpaired) electrons. The Morgan fingerprint density at radius 2 is 1.68 bits per heavy atom. The molecule has 19 heavy (non-hydrogen) atoms. The van der Waals surface area contributed by atoms with E-state index in [1.54, 1.807) is 36.4 Å². The molecule has 2 aromatic carbocycles. The van der Waals surface area contributed by atoms with Crippen LogP contribution in [0.25, 0.3) is 0 Å². The monoisotopic (exact) mass is 330 g/mol. The third-order valence-electron chi connectivity index (χ3n) is 2.47. The third kappa shape index (κ3) is 3.50. The molecule has 0 aliphatic rings. The van der Waals surface area contributed by atoms with Gasteiger partial charge < -0.3 is 4.74 Å². The summed E-state index contributed by atoms with van der Waals surface area (Å²) in [6.07, 6.45) is -4.44. The fourth-order valence-electron chi connectivity index (χ4n) is 1.59. The molecule has 0 amide bonds. The lowest BCUT2D eigenvalue weighted by atomic mass is 10.1. The summed E-state index contributed by atoms with van der Waals surface area (Å²) in [6, 6.07) is 12.4. The molecule has 0 atom stereocenters. The predicted octanol–water partition coefficient (Wildman–Crippen LogP) is 5.39. The lowest BCUT2D eigenvalue weighted by molar-refractivity contribution is -0.138. The summed E-state index contributed by atoms with van der Waals surface area (Å²) in [6.45, 7) is 0. The Morgan fingerprint density at radius 3 is 2.26 bits per heavy atom. The van der Waals surface area contributed by atoms with Gasteiger partial charge in [-0.1, -0.05) is 40.2 Å². The molecule has 0 bridgehead atoms. The maximum absolute atomic E-state index is 13.0. The van der Waals surface area contributed by atoms with E-state index in [-0.39, 0.29) is 5.75 Å². The molecule has 2 aromatic rings. The quantitative estimate of drug-likeness (QED) is 0.685. The van der Waals surface area contributed by atoms with Crippen molar-refractivity contribution >= 4 is 15.9 Å². The van der Waals surface area contributed by atoms with Crippen molar-refractivity contribution in [1.29, 1.82) is 0 Å². The first kappa shape index (κ1) is 13.9. The van der Waals surface area contributed by atoms with E-state index in [0.29, 0.717) is 16.6 Å². The number of hydrogen-bond acceptors (Lipinski definition) is 1. The number of ether oxygens (including phenoxy) is 1. The molecule has 0 N–H and O–H groups in total. The van der Waals surface area contributed by atoms with E-state index in [0.717, 1.165) is 6.07 Å². The fraction of sp³-hybridized carbons (Fsp3) is 0.143. The van der Waals surface area contributed by atoms with Crippen molar-refractivity contribution in [3.05, 3.63) is 59.7 Å². The van der Waals surface area contributed by atoms with Crippen molar-refractivity contribution in [3.8, 4) is 11.5 Å². The highest BCUT2D eigenvalue weighted by molar-refractivity contribution is 9.08. The van der Waals surface area contributed by atoms with Gasteiger partial charge in [-0.2, -0.15) is 13.2 Å². The Balaban J connectivity index is 2.40. The molecule has 0 spiro atoms. The van der Waals surface area contributed by atoms with E-state index in [2.05, 4.69) is 15.9 Å². The largest absolute Gasteiger partial charge is 0.457 e. The topological polar surface area (TPSA) is 9.23 Å². The zero-order chi connectivity index (χ0) is 13.9. The second-order valence-corrected chi connectivity index (χ2v) is 4.44. The van der Waals surface area contributed by atoms with Gasteiger partial charge in [-0.15, -0.1) is 0 Å². The Kier molecular flexibility index (Phi) is 4.14. The Hall–Kier alpha value is -1.49. The highest BCUT2D eigenvalue weighted by atomic mass is 79.9. The fourth-order valence-corrected chi connectivity index (χ4v) is 1.94. The first-order chi connectivity index (χ1) is 9.00. The molecule has 100 valence electrons. The van der Waals surface area contributed by atoms with Crippen molar-refractivity contribution in [3.63, 3.8) is 0 Å². The second kappa shape index (κ2) is 5.65. The van der Waals surface area contributed by atoms with Gasteiger partial charge in [0.1, 0.15) is 11.5 Å². The Bertz CT molecular complexity index is 552. The summed E-state index contributed by atoms with van der Waals surface area (Å²) in [4.78, 5) is 0. The number of benzene rings is 2. The van der Waals surface area contributed by atoms with Gasteiger partial charge in [0.15, 0.2) is 0 Å². The number of halogens is 4. The van der Waals surface area contributed by atoms with Gasteiger partial charge in [0, 0.05) is 5.33 Å². The van der Waals surface area contributed by atoms with Crippen LogP contribution in [-0.2, 0) is 11.5 Å². The normalized spacial score (nSPS) is 11.4. The van der Waals surface area contributed by atoms with E-state index in [1.165, 1.54) is 6.07 Å². The van der Waals surface area contributed by atoms with Gasteiger partial charge in [0.05, 0.1) is 5.56 Å². The lowest BCUT2D eigenvalue weighted by Crippen LogP contribution is -2.07. The zero-order valence-corrected chi connectivity index (χ0v) is 11.3. The molecule has 0 unspecified atom stereocenters. The van der Waals surface area contributed by atoms with Crippen LogP contribution < -0.4 is 4.74 Å². The third-order valence-corrected chi connectivity index (χ3v) is 3.12. The van der Waals surface area contributed by atoms with E-state index >= 15 is 0 Å². The number of alkyl halides is 4. The molecule has 0 aliphatic carbocycles. The van der Waals surface area contributed by atoms with Crippen LogP contribution in [0.2, 0.25) is 0 Å². The molecule has 0 aliphatic heterocycles. The maximum Gasteiger partial charge on any atom is 0.419 e. The van der Waals surface area contributed by atoms with Crippen molar-refractivity contribution in [2.75, 3.05) is 0 Å². The molecule has 0 heterocycles. The van der Waals surface area contributed by atoms with Crippen LogP contribution in [-0.4, -0.2) is 0 Å². The first-order valence-corrected chi connectivity index (χ1v) is 6.62. The summed E-state index contributed by atoms with van der Waals surface area (Å²) in [5.74, 6) is 0.183. The standard InChI is InChI=1S/C14H10BrF3O/c15-9-10-6-7-13(12(8-10)14(16,17)18)19-11-4-2-1-3-5-11/h1-8H,9H2. The number of rotatable bonds is 3. The molecule has 0 aromatic heterocycles. The van der Waals surface area contributed by atoms with Crippen molar-refractivity contribution in [2.24, 2.45) is 0 Å². The van der Waals surface area contributed by atoms with Crippen LogP contribution in [0, 0.1) is 0 Å². The van der Waals surface area contributed by atoms with Crippen LogP contribution in [0.15, 0.2) is 48.5 Å². The van der Waals surface area contributed by atoms with Gasteiger partial charge in [-0.3, -0.25) is 0 Å². The number of para-hydroxylation sites is 1. The van der Waals surface area contributed by atoms with Crippen LogP contribution in [0.3, 0.4) is 0 Å². The molecule has 1 nitrogen and oxygen atoms in total. The molecule has 0 fully saturated rings. The van der Waals surface area contributed by atoms with Crippen molar-refractivity contribution in [1.82, 2.24) is 0 Å². The molecule has 2 rings (SSSR count). The smallest absolute Gasteiger partial charge is 0.419 e. The SMILES string of the molecule is FC(F)(F)c1cc(CBr)ccc1Oc1ccccc1. The average Bonchev–Trinajstić information content (AvgIpc) is 2.39. The summed E-state index contributed by atoms with van der Waals surface area (Å²) in [5, 5.41) is 0.363. The van der Waals surface area contributed by atoms with E-state index < -0.39 is 11.7 Å².